The maximum absolute atomic E-state index is 12.4. The molecule has 9 heteroatoms. The maximum atomic E-state index is 12.4. The lowest BCUT2D eigenvalue weighted by Crippen LogP contribution is -2.31. The minimum atomic E-state index is -0.993. The molecule has 0 saturated heterocycles. The summed E-state index contributed by atoms with van der Waals surface area (Å²) >= 11 is 0. The smallest absolute Gasteiger partial charge is 0.345 e. The number of nitrogens with one attached hydrogen (secondary N) is 1. The summed E-state index contributed by atoms with van der Waals surface area (Å²) < 4.78 is 15.7. The van der Waals surface area contributed by atoms with E-state index in [2.05, 4.69) is 5.32 Å². The standard InChI is InChI=1S/C21H22N2O7/c1-12-4-5-15(8-13(12)2)14(3)22-20(24)11-30-21(25)16-9-18-19(29-7-6-28-18)10-17(16)23(26)27/h4-5,8-10,14H,6-7,11H2,1-3H3,(H,22,24)/t14-/m0/s1. The van der Waals surface area contributed by atoms with Crippen LogP contribution >= 0.6 is 0 Å². The van der Waals surface area contributed by atoms with Gasteiger partial charge in [0.05, 0.1) is 17.0 Å². The van der Waals surface area contributed by atoms with Gasteiger partial charge in [0.25, 0.3) is 11.6 Å². The normalized spacial score (nSPS) is 13.3. The van der Waals surface area contributed by atoms with Crippen molar-refractivity contribution in [3.63, 3.8) is 0 Å². The molecule has 1 N–H and O–H groups in total. The summed E-state index contributed by atoms with van der Waals surface area (Å²) in [5.74, 6) is -1.11. The van der Waals surface area contributed by atoms with E-state index in [1.807, 2.05) is 39.0 Å². The van der Waals surface area contributed by atoms with Gasteiger partial charge >= 0.3 is 5.97 Å². The van der Waals surface area contributed by atoms with Crippen LogP contribution in [0.4, 0.5) is 5.69 Å². The molecule has 1 atom stereocenters. The second-order valence-corrected chi connectivity index (χ2v) is 6.98. The molecule has 0 unspecified atom stereocenters. The molecule has 2 aromatic rings. The van der Waals surface area contributed by atoms with Crippen molar-refractivity contribution in [2.24, 2.45) is 0 Å². The van der Waals surface area contributed by atoms with E-state index >= 15 is 0 Å². The molecule has 9 nitrogen and oxygen atoms in total. The van der Waals surface area contributed by atoms with Crippen LogP contribution in [-0.2, 0) is 9.53 Å². The number of fused-ring (bicyclic) bond motifs is 1. The first-order valence-electron chi connectivity index (χ1n) is 9.38. The molecule has 0 fully saturated rings. The van der Waals surface area contributed by atoms with Crippen molar-refractivity contribution in [2.75, 3.05) is 19.8 Å². The van der Waals surface area contributed by atoms with Crippen LogP contribution in [0.2, 0.25) is 0 Å². The quantitative estimate of drug-likeness (QED) is 0.439. The summed E-state index contributed by atoms with van der Waals surface area (Å²) in [5, 5.41) is 14.1. The molecule has 1 heterocycles. The monoisotopic (exact) mass is 414 g/mol. The number of rotatable bonds is 6. The lowest BCUT2D eigenvalue weighted by molar-refractivity contribution is -0.385. The van der Waals surface area contributed by atoms with Crippen LogP contribution in [0.25, 0.3) is 0 Å². The van der Waals surface area contributed by atoms with Crippen molar-refractivity contribution in [3.05, 3.63) is 62.7 Å². The molecule has 1 aliphatic rings. The number of nitrogens with zero attached hydrogens (tertiary/aromatic N) is 1. The highest BCUT2D eigenvalue weighted by Gasteiger charge is 2.28. The number of nitro groups is 1. The lowest BCUT2D eigenvalue weighted by Gasteiger charge is -2.19. The van der Waals surface area contributed by atoms with E-state index in [9.17, 15) is 19.7 Å². The molecule has 0 bridgehead atoms. The van der Waals surface area contributed by atoms with E-state index in [0.717, 1.165) is 22.8 Å². The zero-order valence-electron chi connectivity index (χ0n) is 16.9. The fraction of sp³-hybridized carbons (Fsp3) is 0.333. The maximum Gasteiger partial charge on any atom is 0.345 e. The molecule has 0 spiro atoms. The Labute approximate surface area is 173 Å². The Morgan fingerprint density at radius 1 is 1.13 bits per heavy atom. The first kappa shape index (κ1) is 21.1. The van der Waals surface area contributed by atoms with Crippen LogP contribution in [0.5, 0.6) is 11.5 Å². The van der Waals surface area contributed by atoms with Crippen LogP contribution in [-0.4, -0.2) is 36.6 Å². The Balaban J connectivity index is 1.65. The SMILES string of the molecule is Cc1ccc([C@H](C)NC(=O)COC(=O)c2cc3c(cc2[N+](=O)[O-])OCCO3)cc1C. The lowest BCUT2D eigenvalue weighted by atomic mass is 10.0. The molecule has 2 aromatic carbocycles. The predicted octanol–water partition coefficient (Wildman–Crippen LogP) is 3.02. The first-order chi connectivity index (χ1) is 14.3. The average Bonchev–Trinajstić information content (AvgIpc) is 2.72. The Morgan fingerprint density at radius 2 is 1.80 bits per heavy atom. The van der Waals surface area contributed by atoms with Gasteiger partial charge in [-0.05, 0) is 37.5 Å². The number of hydrogen-bond acceptors (Lipinski definition) is 7. The summed E-state index contributed by atoms with van der Waals surface area (Å²) in [6, 6.07) is 7.88. The van der Waals surface area contributed by atoms with Crippen LogP contribution in [0.15, 0.2) is 30.3 Å². The number of aryl methyl sites for hydroxylation is 2. The number of amides is 1. The average molecular weight is 414 g/mol. The van der Waals surface area contributed by atoms with Gasteiger partial charge < -0.3 is 19.5 Å². The molecule has 158 valence electrons. The minimum absolute atomic E-state index is 0.185. The van der Waals surface area contributed by atoms with E-state index in [4.69, 9.17) is 14.2 Å². The van der Waals surface area contributed by atoms with Gasteiger partial charge in [0.1, 0.15) is 18.8 Å². The van der Waals surface area contributed by atoms with Gasteiger partial charge in [0, 0.05) is 6.07 Å². The summed E-state index contributed by atoms with van der Waals surface area (Å²) in [5.41, 5.74) is 2.38. The highest BCUT2D eigenvalue weighted by Crippen LogP contribution is 2.36. The fourth-order valence-electron chi connectivity index (χ4n) is 3.00. The van der Waals surface area contributed by atoms with E-state index < -0.39 is 29.1 Å². The van der Waals surface area contributed by atoms with Gasteiger partial charge in [-0.25, -0.2) is 4.79 Å². The van der Waals surface area contributed by atoms with Gasteiger partial charge in [-0.2, -0.15) is 0 Å². The molecule has 30 heavy (non-hydrogen) atoms. The van der Waals surface area contributed by atoms with Gasteiger partial charge in [-0.15, -0.1) is 0 Å². The van der Waals surface area contributed by atoms with Crippen molar-refractivity contribution in [3.8, 4) is 11.5 Å². The van der Waals surface area contributed by atoms with Crippen molar-refractivity contribution in [1.82, 2.24) is 5.32 Å². The Kier molecular flexibility index (Phi) is 6.20. The summed E-state index contributed by atoms with van der Waals surface area (Å²) in [4.78, 5) is 35.2. The minimum Gasteiger partial charge on any atom is -0.486 e. The first-order valence-corrected chi connectivity index (χ1v) is 9.38. The third-order valence-corrected chi connectivity index (χ3v) is 4.82. The van der Waals surface area contributed by atoms with Gasteiger partial charge in [-0.1, -0.05) is 18.2 Å². The second-order valence-electron chi connectivity index (χ2n) is 6.98. The molecule has 1 aliphatic heterocycles. The number of carbonyl (C=O) groups is 2. The highest BCUT2D eigenvalue weighted by molar-refractivity contribution is 5.96. The van der Waals surface area contributed by atoms with E-state index in [1.54, 1.807) is 0 Å². The second kappa shape index (κ2) is 8.81. The Bertz CT molecular complexity index is 1000. The third-order valence-electron chi connectivity index (χ3n) is 4.82. The van der Waals surface area contributed by atoms with Crippen LogP contribution < -0.4 is 14.8 Å². The summed E-state index contributed by atoms with van der Waals surface area (Å²) in [6.07, 6.45) is 0. The van der Waals surface area contributed by atoms with E-state index in [0.29, 0.717) is 0 Å². The largest absolute Gasteiger partial charge is 0.486 e. The van der Waals surface area contributed by atoms with Crippen LogP contribution in [0.3, 0.4) is 0 Å². The van der Waals surface area contributed by atoms with Gasteiger partial charge in [0.2, 0.25) is 0 Å². The summed E-state index contributed by atoms with van der Waals surface area (Å²) in [6.45, 7) is 5.74. The number of esters is 1. The molecule has 0 radical (unpaired) electrons. The molecule has 3 rings (SSSR count). The van der Waals surface area contributed by atoms with Gasteiger partial charge in [-0.3, -0.25) is 14.9 Å². The van der Waals surface area contributed by atoms with Crippen LogP contribution in [0.1, 0.15) is 40.0 Å². The summed E-state index contributed by atoms with van der Waals surface area (Å²) in [7, 11) is 0. The van der Waals surface area contributed by atoms with Gasteiger partial charge in [0.15, 0.2) is 18.1 Å². The number of hydrogen-bond donors (Lipinski definition) is 1. The number of carbonyl (C=O) groups excluding carboxylic acids is 2. The number of nitro benzene ring substituents is 1. The van der Waals surface area contributed by atoms with E-state index in [-0.39, 0.29) is 36.3 Å². The van der Waals surface area contributed by atoms with Crippen LogP contribution in [0, 0.1) is 24.0 Å². The topological polar surface area (TPSA) is 117 Å². The van der Waals surface area contributed by atoms with Crippen molar-refractivity contribution in [1.29, 1.82) is 0 Å². The molecular weight excluding hydrogens is 392 g/mol. The van der Waals surface area contributed by atoms with Crippen molar-refractivity contribution < 1.29 is 28.7 Å². The number of ether oxygens (including phenoxy) is 3. The zero-order valence-corrected chi connectivity index (χ0v) is 16.9. The molecule has 0 saturated carbocycles. The third kappa shape index (κ3) is 4.68. The zero-order chi connectivity index (χ0) is 21.8. The Morgan fingerprint density at radius 3 is 2.43 bits per heavy atom. The number of benzene rings is 2. The molecule has 1 amide bonds. The highest BCUT2D eigenvalue weighted by atomic mass is 16.6. The van der Waals surface area contributed by atoms with Crippen molar-refractivity contribution in [2.45, 2.75) is 26.8 Å². The molecule has 0 aromatic heterocycles. The van der Waals surface area contributed by atoms with Crippen molar-refractivity contribution >= 4 is 17.6 Å². The predicted molar refractivity (Wildman–Crippen MR) is 107 cm³/mol. The fourth-order valence-corrected chi connectivity index (χ4v) is 3.00. The molecular formula is C21H22N2O7. The Hall–Kier alpha value is -3.62. The molecule has 0 aliphatic carbocycles. The van der Waals surface area contributed by atoms with E-state index in [1.165, 1.54) is 6.07 Å².